The van der Waals surface area contributed by atoms with E-state index in [1.54, 1.807) is 12.1 Å². The second kappa shape index (κ2) is 11.4. The lowest BCUT2D eigenvalue weighted by Crippen LogP contribution is -2.46. The number of aryl methyl sites for hydroxylation is 1. The van der Waals surface area contributed by atoms with E-state index in [0.29, 0.717) is 17.0 Å². The van der Waals surface area contributed by atoms with Crippen LogP contribution in [0.15, 0.2) is 64.8 Å². The van der Waals surface area contributed by atoms with Gasteiger partial charge >= 0.3 is 5.97 Å². The van der Waals surface area contributed by atoms with E-state index in [1.165, 1.54) is 12.1 Å². The van der Waals surface area contributed by atoms with Gasteiger partial charge in [0.25, 0.3) is 0 Å². The fourth-order valence-corrected chi connectivity index (χ4v) is 3.74. The van der Waals surface area contributed by atoms with Crippen LogP contribution < -0.4 is 5.32 Å². The summed E-state index contributed by atoms with van der Waals surface area (Å²) in [6.45, 7) is 8.92. The number of hydrogen-bond acceptors (Lipinski definition) is 6. The highest BCUT2D eigenvalue weighted by atomic mass is 19.1. The molecule has 0 radical (unpaired) electrons. The van der Waals surface area contributed by atoms with Gasteiger partial charge in [-0.15, -0.1) is 0 Å². The fourth-order valence-electron chi connectivity index (χ4n) is 3.74. The summed E-state index contributed by atoms with van der Waals surface area (Å²) in [5.41, 5.74) is 4.44. The molecule has 172 valence electrons. The average Bonchev–Trinajstić information content (AvgIpc) is 2.81. The molecule has 2 aromatic carbocycles. The molecule has 1 atom stereocenters. The van der Waals surface area contributed by atoms with Crippen LogP contribution in [-0.2, 0) is 16.1 Å². The number of halogens is 1. The monoisotopic (exact) mass is 448 g/mol. The maximum atomic E-state index is 13.2. The Hall–Kier alpha value is -3.50. The molecule has 0 aromatic heterocycles. The molecule has 3 rings (SSSR count). The van der Waals surface area contributed by atoms with Gasteiger partial charge in [-0.1, -0.05) is 35.9 Å². The Morgan fingerprint density at radius 2 is 1.85 bits per heavy atom. The van der Waals surface area contributed by atoms with Gasteiger partial charge < -0.3 is 15.0 Å². The smallest absolute Gasteiger partial charge is 0.329 e. The highest BCUT2D eigenvalue weighted by Crippen LogP contribution is 2.26. The lowest BCUT2D eigenvalue weighted by atomic mass is 9.97. The van der Waals surface area contributed by atoms with Crippen molar-refractivity contribution in [1.29, 1.82) is 5.26 Å². The number of para-hydroxylation sites is 1. The van der Waals surface area contributed by atoms with Gasteiger partial charge in [-0.3, -0.25) is 4.79 Å². The minimum Gasteiger partial charge on any atom is -0.460 e. The van der Waals surface area contributed by atoms with Crippen LogP contribution in [0.1, 0.15) is 25.0 Å². The zero-order chi connectivity index (χ0) is 23.8. The first-order valence-electron chi connectivity index (χ1n) is 11.0. The van der Waals surface area contributed by atoms with Crippen molar-refractivity contribution in [2.75, 3.05) is 26.2 Å². The number of esters is 1. The summed E-state index contributed by atoms with van der Waals surface area (Å²) in [4.78, 5) is 20.1. The second-order valence-corrected chi connectivity index (χ2v) is 8.17. The number of nitrogens with one attached hydrogen (secondary N) is 1. The third-order valence-corrected chi connectivity index (χ3v) is 5.44. The van der Waals surface area contributed by atoms with Crippen molar-refractivity contribution in [3.8, 4) is 6.07 Å². The van der Waals surface area contributed by atoms with Gasteiger partial charge in [-0.25, -0.2) is 9.38 Å². The number of nitriles is 1. The highest BCUT2D eigenvalue weighted by molar-refractivity contribution is 6.14. The number of rotatable bonds is 7. The maximum absolute atomic E-state index is 13.2. The number of piperazine rings is 1. The minimum absolute atomic E-state index is 0.0489. The molecular formula is C26H29FN4O2. The van der Waals surface area contributed by atoms with Crippen molar-refractivity contribution in [3.05, 3.63) is 76.7 Å². The molecule has 1 saturated heterocycles. The van der Waals surface area contributed by atoms with Crippen LogP contribution in [0.4, 0.5) is 10.1 Å². The molecule has 0 spiro atoms. The first-order chi connectivity index (χ1) is 15.9. The van der Waals surface area contributed by atoms with E-state index < -0.39 is 11.9 Å². The summed E-state index contributed by atoms with van der Waals surface area (Å²) in [7, 11) is 0. The van der Waals surface area contributed by atoms with E-state index in [2.05, 4.69) is 16.3 Å². The molecule has 1 N–H and O–H groups in total. The van der Waals surface area contributed by atoms with Crippen LogP contribution in [0.25, 0.3) is 0 Å². The normalized spacial score (nSPS) is 14.9. The van der Waals surface area contributed by atoms with E-state index in [-0.39, 0.29) is 12.4 Å². The van der Waals surface area contributed by atoms with E-state index in [1.807, 2.05) is 45.0 Å². The summed E-state index contributed by atoms with van der Waals surface area (Å²) in [5, 5.41) is 13.4. The highest BCUT2D eigenvalue weighted by Gasteiger charge is 2.32. The summed E-state index contributed by atoms with van der Waals surface area (Å²) < 4.78 is 18.6. The first-order valence-corrected chi connectivity index (χ1v) is 11.0. The Morgan fingerprint density at radius 1 is 1.18 bits per heavy atom. The van der Waals surface area contributed by atoms with Crippen molar-refractivity contribution in [2.24, 2.45) is 10.9 Å². The van der Waals surface area contributed by atoms with Crippen LogP contribution in [-0.4, -0.2) is 42.8 Å². The largest absolute Gasteiger partial charge is 0.460 e. The summed E-state index contributed by atoms with van der Waals surface area (Å²) in [6.07, 6.45) is 0. The Balaban J connectivity index is 1.98. The molecule has 7 heteroatoms. The lowest BCUT2D eigenvalue weighted by molar-refractivity contribution is -0.145. The van der Waals surface area contributed by atoms with Crippen molar-refractivity contribution >= 4 is 17.4 Å². The standard InChI is InChI=1S/C26H29FN4O2/c1-18(2)25(31-14-12-29-13-15-31)24(30-23-7-5-4-6-19(23)3)22(16-28)26(32)33-17-20-8-10-21(27)11-9-20/h4-11,22,29H,12-15,17H2,1-3H3. The Kier molecular flexibility index (Phi) is 8.34. The molecule has 0 bridgehead atoms. The van der Waals surface area contributed by atoms with Gasteiger partial charge in [0.15, 0.2) is 5.92 Å². The van der Waals surface area contributed by atoms with Crippen LogP contribution in [0.5, 0.6) is 0 Å². The zero-order valence-corrected chi connectivity index (χ0v) is 19.3. The Morgan fingerprint density at radius 3 is 2.45 bits per heavy atom. The third kappa shape index (κ3) is 6.27. The molecule has 0 amide bonds. The molecule has 0 saturated carbocycles. The number of carbonyl (C=O) groups excluding carboxylic acids is 1. The minimum atomic E-state index is -1.20. The number of allylic oxidation sites excluding steroid dienone is 2. The van der Waals surface area contributed by atoms with E-state index >= 15 is 0 Å². The van der Waals surface area contributed by atoms with Gasteiger partial charge in [0.2, 0.25) is 0 Å². The number of benzene rings is 2. The quantitative estimate of drug-likeness (QED) is 0.505. The molecule has 6 nitrogen and oxygen atoms in total. The lowest BCUT2D eigenvalue weighted by Gasteiger charge is -2.34. The van der Waals surface area contributed by atoms with Crippen molar-refractivity contribution in [2.45, 2.75) is 27.4 Å². The maximum Gasteiger partial charge on any atom is 0.329 e. The molecule has 1 unspecified atom stereocenters. The number of aliphatic imine (C=N–C) groups is 1. The van der Waals surface area contributed by atoms with E-state index in [0.717, 1.165) is 43.0 Å². The van der Waals surface area contributed by atoms with Gasteiger partial charge in [-0.05, 0) is 50.1 Å². The summed E-state index contributed by atoms with van der Waals surface area (Å²) in [6, 6.07) is 15.4. The third-order valence-electron chi connectivity index (χ3n) is 5.44. The zero-order valence-electron chi connectivity index (χ0n) is 19.3. The van der Waals surface area contributed by atoms with E-state index in [4.69, 9.17) is 9.73 Å². The fraction of sp³-hybridized carbons (Fsp3) is 0.346. The van der Waals surface area contributed by atoms with Gasteiger partial charge in [0.1, 0.15) is 12.4 Å². The van der Waals surface area contributed by atoms with Crippen LogP contribution in [0.3, 0.4) is 0 Å². The molecule has 1 aliphatic rings. The van der Waals surface area contributed by atoms with E-state index in [9.17, 15) is 14.4 Å². The van der Waals surface area contributed by atoms with Crippen LogP contribution in [0, 0.1) is 30.0 Å². The molecule has 1 aliphatic heterocycles. The number of ether oxygens (including phenoxy) is 1. The Bertz CT molecular complexity index is 1080. The average molecular weight is 449 g/mol. The summed E-state index contributed by atoms with van der Waals surface area (Å²) in [5.74, 6) is -2.25. The summed E-state index contributed by atoms with van der Waals surface area (Å²) >= 11 is 0. The van der Waals surface area contributed by atoms with Crippen molar-refractivity contribution in [1.82, 2.24) is 10.2 Å². The topological polar surface area (TPSA) is 77.7 Å². The van der Waals surface area contributed by atoms with Crippen molar-refractivity contribution < 1.29 is 13.9 Å². The number of nitrogens with zero attached hydrogens (tertiary/aromatic N) is 3. The van der Waals surface area contributed by atoms with Crippen LogP contribution in [0.2, 0.25) is 0 Å². The number of hydrogen-bond donors (Lipinski definition) is 1. The molecule has 33 heavy (non-hydrogen) atoms. The SMILES string of the molecule is CC(C)=C(C(=Nc1ccccc1C)C(C#N)C(=O)OCc1ccc(F)cc1)N1CCNCC1. The second-order valence-electron chi connectivity index (χ2n) is 8.17. The molecule has 1 fully saturated rings. The first kappa shape index (κ1) is 24.1. The predicted molar refractivity (Wildman–Crippen MR) is 126 cm³/mol. The van der Waals surface area contributed by atoms with Gasteiger partial charge in [0.05, 0.1) is 23.2 Å². The molecule has 1 heterocycles. The Labute approximate surface area is 194 Å². The predicted octanol–water partition coefficient (Wildman–Crippen LogP) is 4.29. The van der Waals surface area contributed by atoms with Crippen molar-refractivity contribution in [3.63, 3.8) is 0 Å². The molecule has 2 aromatic rings. The number of carbonyl (C=O) groups is 1. The molecular weight excluding hydrogens is 419 g/mol. The van der Waals surface area contributed by atoms with Crippen LogP contribution >= 0.6 is 0 Å². The molecule has 0 aliphatic carbocycles. The van der Waals surface area contributed by atoms with Gasteiger partial charge in [-0.2, -0.15) is 5.26 Å². The van der Waals surface area contributed by atoms with Gasteiger partial charge in [0, 0.05) is 26.2 Å².